The number of hydrogen-bond acceptors (Lipinski definition) is 4. The zero-order valence-corrected chi connectivity index (χ0v) is 16.3. The Morgan fingerprint density at radius 1 is 1.19 bits per heavy atom. The highest BCUT2D eigenvalue weighted by molar-refractivity contribution is 6.05. The lowest BCUT2D eigenvalue weighted by atomic mass is 10.0. The quantitative estimate of drug-likeness (QED) is 0.706. The minimum atomic E-state index is -0.0357. The van der Waals surface area contributed by atoms with E-state index >= 15 is 0 Å². The summed E-state index contributed by atoms with van der Waals surface area (Å²) in [4.78, 5) is 19.6. The van der Waals surface area contributed by atoms with E-state index in [1.165, 1.54) is 0 Å². The minimum absolute atomic E-state index is 0.0357. The molecular formula is C19H26N6O. The number of amides is 1. The number of aryl methyl sites for hydroxylation is 1. The summed E-state index contributed by atoms with van der Waals surface area (Å²) in [5.41, 5.74) is 3.31. The smallest absolute Gasteiger partial charge is 0.254 e. The predicted molar refractivity (Wildman–Crippen MR) is 101 cm³/mol. The highest BCUT2D eigenvalue weighted by Gasteiger charge is 2.21. The highest BCUT2D eigenvalue weighted by Crippen LogP contribution is 2.25. The fourth-order valence-corrected chi connectivity index (χ4v) is 2.99. The van der Waals surface area contributed by atoms with Crippen LogP contribution >= 0.6 is 0 Å². The highest BCUT2D eigenvalue weighted by atomic mass is 16.2. The zero-order chi connectivity index (χ0) is 19.0. The minimum Gasteiger partial charge on any atom is -0.337 e. The molecule has 0 saturated carbocycles. The van der Waals surface area contributed by atoms with Crippen LogP contribution in [0.2, 0.25) is 0 Å². The van der Waals surface area contributed by atoms with Gasteiger partial charge in [-0.3, -0.25) is 9.48 Å². The Balaban J connectivity index is 2.03. The van der Waals surface area contributed by atoms with Gasteiger partial charge in [-0.15, -0.1) is 0 Å². The Bertz CT molecular complexity index is 937. The van der Waals surface area contributed by atoms with E-state index in [4.69, 9.17) is 4.98 Å². The van der Waals surface area contributed by atoms with E-state index in [1.54, 1.807) is 22.0 Å². The van der Waals surface area contributed by atoms with E-state index in [0.29, 0.717) is 12.1 Å². The molecule has 1 amide bonds. The van der Waals surface area contributed by atoms with Crippen LogP contribution in [-0.4, -0.2) is 42.4 Å². The number of carbonyl (C=O) groups is 1. The van der Waals surface area contributed by atoms with Crippen LogP contribution in [0.5, 0.6) is 0 Å². The van der Waals surface area contributed by atoms with Crippen molar-refractivity contribution in [1.29, 1.82) is 0 Å². The van der Waals surface area contributed by atoms with Gasteiger partial charge in [0.05, 0.1) is 23.3 Å². The molecule has 0 bridgehead atoms. The van der Waals surface area contributed by atoms with Gasteiger partial charge >= 0.3 is 0 Å². The summed E-state index contributed by atoms with van der Waals surface area (Å²) in [6.45, 7) is 8.79. The van der Waals surface area contributed by atoms with E-state index in [1.807, 2.05) is 31.0 Å². The first-order valence-corrected chi connectivity index (χ1v) is 8.89. The Morgan fingerprint density at radius 2 is 1.92 bits per heavy atom. The lowest BCUT2D eigenvalue weighted by Crippen LogP contribution is -2.26. The molecule has 3 aromatic rings. The van der Waals surface area contributed by atoms with Crippen molar-refractivity contribution in [1.82, 2.24) is 29.4 Å². The standard InChI is InChI=1S/C19H26N6O/c1-12(2)17-7-15(16-9-21-25(13(3)4)18(16)22-17)19(26)23(5)10-14-8-20-24(6)11-14/h7-9,11-13H,10H2,1-6H3. The van der Waals surface area contributed by atoms with Crippen LogP contribution in [0.4, 0.5) is 0 Å². The van der Waals surface area contributed by atoms with Crippen LogP contribution in [0.15, 0.2) is 24.7 Å². The Labute approximate surface area is 153 Å². The van der Waals surface area contributed by atoms with Crippen molar-refractivity contribution >= 4 is 16.9 Å². The molecule has 138 valence electrons. The zero-order valence-electron chi connectivity index (χ0n) is 16.3. The Hall–Kier alpha value is -2.70. The first-order valence-electron chi connectivity index (χ1n) is 8.89. The SMILES string of the molecule is CC(C)c1cc(C(=O)N(C)Cc2cnn(C)c2)c2cnn(C(C)C)c2n1. The number of carbonyl (C=O) groups excluding carboxylic acids is 1. The van der Waals surface area contributed by atoms with Gasteiger partial charge in [0, 0.05) is 44.1 Å². The molecule has 7 heteroatoms. The maximum atomic E-state index is 13.2. The fourth-order valence-electron chi connectivity index (χ4n) is 2.99. The summed E-state index contributed by atoms with van der Waals surface area (Å²) in [5, 5.41) is 9.42. The van der Waals surface area contributed by atoms with Crippen molar-refractivity contribution in [3.05, 3.63) is 41.5 Å². The molecule has 0 N–H and O–H groups in total. The van der Waals surface area contributed by atoms with Gasteiger partial charge in [-0.05, 0) is 25.8 Å². The average Bonchev–Trinajstić information content (AvgIpc) is 3.19. The summed E-state index contributed by atoms with van der Waals surface area (Å²) < 4.78 is 3.61. The number of nitrogens with zero attached hydrogens (tertiary/aromatic N) is 6. The topological polar surface area (TPSA) is 68.8 Å². The lowest BCUT2D eigenvalue weighted by molar-refractivity contribution is 0.0787. The number of rotatable bonds is 5. The molecule has 0 aliphatic rings. The van der Waals surface area contributed by atoms with Crippen LogP contribution in [0.25, 0.3) is 11.0 Å². The number of hydrogen-bond donors (Lipinski definition) is 0. The first kappa shape index (κ1) is 18.1. The first-order chi connectivity index (χ1) is 12.3. The molecule has 0 aliphatic carbocycles. The van der Waals surface area contributed by atoms with Crippen LogP contribution in [0.3, 0.4) is 0 Å². The second-order valence-electron chi connectivity index (χ2n) is 7.35. The van der Waals surface area contributed by atoms with Crippen molar-refractivity contribution < 1.29 is 4.79 Å². The average molecular weight is 354 g/mol. The van der Waals surface area contributed by atoms with Crippen molar-refractivity contribution in [2.75, 3.05) is 7.05 Å². The van der Waals surface area contributed by atoms with Gasteiger partial charge in [0.25, 0.3) is 5.91 Å². The van der Waals surface area contributed by atoms with Gasteiger partial charge < -0.3 is 4.90 Å². The van der Waals surface area contributed by atoms with E-state index in [0.717, 1.165) is 22.3 Å². The number of pyridine rings is 1. The van der Waals surface area contributed by atoms with E-state index in [-0.39, 0.29) is 17.9 Å². The molecule has 0 spiro atoms. The van der Waals surface area contributed by atoms with Gasteiger partial charge in [0.1, 0.15) is 0 Å². The maximum Gasteiger partial charge on any atom is 0.254 e. The largest absolute Gasteiger partial charge is 0.337 e. The predicted octanol–water partition coefficient (Wildman–Crippen LogP) is 3.14. The van der Waals surface area contributed by atoms with E-state index < -0.39 is 0 Å². The second-order valence-corrected chi connectivity index (χ2v) is 7.35. The Morgan fingerprint density at radius 3 is 2.50 bits per heavy atom. The third-order valence-corrected chi connectivity index (χ3v) is 4.42. The summed E-state index contributed by atoms with van der Waals surface area (Å²) in [5.74, 6) is 0.191. The van der Waals surface area contributed by atoms with Crippen molar-refractivity contribution in [3.63, 3.8) is 0 Å². The molecule has 0 unspecified atom stereocenters. The summed E-state index contributed by atoms with van der Waals surface area (Å²) in [7, 11) is 3.68. The molecule has 26 heavy (non-hydrogen) atoms. The molecule has 0 atom stereocenters. The summed E-state index contributed by atoms with van der Waals surface area (Å²) >= 11 is 0. The third-order valence-electron chi connectivity index (χ3n) is 4.42. The molecule has 0 radical (unpaired) electrons. The summed E-state index contributed by atoms with van der Waals surface area (Å²) in [6.07, 6.45) is 5.45. The van der Waals surface area contributed by atoms with Gasteiger partial charge in [0.2, 0.25) is 0 Å². The summed E-state index contributed by atoms with van der Waals surface area (Å²) in [6, 6.07) is 2.08. The van der Waals surface area contributed by atoms with Crippen molar-refractivity contribution in [3.8, 4) is 0 Å². The van der Waals surface area contributed by atoms with Gasteiger partial charge in [0.15, 0.2) is 5.65 Å². The van der Waals surface area contributed by atoms with Crippen LogP contribution in [0, 0.1) is 0 Å². The molecule has 3 heterocycles. The van der Waals surface area contributed by atoms with Crippen LogP contribution < -0.4 is 0 Å². The molecule has 0 aliphatic heterocycles. The van der Waals surface area contributed by atoms with Crippen molar-refractivity contribution in [2.24, 2.45) is 7.05 Å². The number of aromatic nitrogens is 5. The molecule has 0 aromatic carbocycles. The van der Waals surface area contributed by atoms with Gasteiger partial charge in [-0.2, -0.15) is 10.2 Å². The van der Waals surface area contributed by atoms with Crippen LogP contribution in [-0.2, 0) is 13.6 Å². The van der Waals surface area contributed by atoms with Crippen LogP contribution in [0.1, 0.15) is 61.3 Å². The third kappa shape index (κ3) is 3.34. The number of fused-ring (bicyclic) bond motifs is 1. The normalized spacial score (nSPS) is 11.7. The molecule has 7 nitrogen and oxygen atoms in total. The monoisotopic (exact) mass is 354 g/mol. The molecular weight excluding hydrogens is 328 g/mol. The van der Waals surface area contributed by atoms with E-state index in [2.05, 4.69) is 37.9 Å². The Kier molecular flexibility index (Phi) is 4.80. The van der Waals surface area contributed by atoms with Crippen molar-refractivity contribution in [2.45, 2.75) is 46.2 Å². The molecule has 0 saturated heterocycles. The maximum absolute atomic E-state index is 13.2. The second kappa shape index (κ2) is 6.90. The molecule has 0 fully saturated rings. The van der Waals surface area contributed by atoms with Gasteiger partial charge in [-0.25, -0.2) is 9.67 Å². The van der Waals surface area contributed by atoms with E-state index in [9.17, 15) is 4.79 Å². The lowest BCUT2D eigenvalue weighted by Gasteiger charge is -2.18. The molecule has 3 aromatic heterocycles. The molecule has 3 rings (SSSR count). The van der Waals surface area contributed by atoms with Gasteiger partial charge in [-0.1, -0.05) is 13.8 Å². The fraction of sp³-hybridized carbons (Fsp3) is 0.474.